The Hall–Kier alpha value is -1.59. The van der Waals surface area contributed by atoms with Gasteiger partial charge in [0.1, 0.15) is 12.4 Å². The SMILES string of the molecule is CC(C)(C)NC(N)=NCc1nnc2n1CCCCC2. The number of aromatic nitrogens is 3. The number of fused-ring (bicyclic) bond motifs is 1. The number of rotatable bonds is 2. The van der Waals surface area contributed by atoms with Crippen molar-refractivity contribution in [3.8, 4) is 0 Å². The van der Waals surface area contributed by atoms with Gasteiger partial charge in [0.05, 0.1) is 0 Å². The van der Waals surface area contributed by atoms with Gasteiger partial charge in [0.2, 0.25) is 0 Å². The van der Waals surface area contributed by atoms with Crippen molar-refractivity contribution in [3.05, 3.63) is 11.6 Å². The van der Waals surface area contributed by atoms with Gasteiger partial charge in [-0.15, -0.1) is 10.2 Å². The van der Waals surface area contributed by atoms with Crippen LogP contribution in [0.15, 0.2) is 4.99 Å². The third kappa shape index (κ3) is 3.94. The Morgan fingerprint density at radius 3 is 2.84 bits per heavy atom. The number of hydrogen-bond donors (Lipinski definition) is 2. The van der Waals surface area contributed by atoms with Gasteiger partial charge in [0, 0.05) is 18.5 Å². The van der Waals surface area contributed by atoms with Crippen LogP contribution < -0.4 is 11.1 Å². The molecule has 0 saturated carbocycles. The van der Waals surface area contributed by atoms with Crippen molar-refractivity contribution >= 4 is 5.96 Å². The third-order valence-electron chi connectivity index (χ3n) is 3.08. The van der Waals surface area contributed by atoms with Crippen LogP contribution in [0, 0.1) is 0 Å². The van der Waals surface area contributed by atoms with Gasteiger partial charge >= 0.3 is 0 Å². The molecule has 2 heterocycles. The van der Waals surface area contributed by atoms with E-state index >= 15 is 0 Å². The molecule has 0 spiro atoms. The minimum atomic E-state index is -0.0741. The first-order valence-electron chi connectivity index (χ1n) is 6.95. The fourth-order valence-electron chi connectivity index (χ4n) is 2.24. The lowest BCUT2D eigenvalue weighted by Crippen LogP contribution is -2.45. The summed E-state index contributed by atoms with van der Waals surface area (Å²) in [4.78, 5) is 4.35. The Balaban J connectivity index is 2.04. The molecular weight excluding hydrogens is 240 g/mol. The number of hydrogen-bond acceptors (Lipinski definition) is 3. The van der Waals surface area contributed by atoms with Crippen molar-refractivity contribution in [3.63, 3.8) is 0 Å². The molecule has 6 heteroatoms. The highest BCUT2D eigenvalue weighted by Gasteiger charge is 2.14. The Labute approximate surface area is 114 Å². The first-order valence-corrected chi connectivity index (χ1v) is 6.95. The summed E-state index contributed by atoms with van der Waals surface area (Å²) in [6.45, 7) is 7.65. The summed E-state index contributed by atoms with van der Waals surface area (Å²) in [6, 6.07) is 0. The maximum Gasteiger partial charge on any atom is 0.189 e. The molecule has 106 valence electrons. The van der Waals surface area contributed by atoms with E-state index in [1.54, 1.807) is 0 Å². The molecule has 0 saturated heterocycles. The lowest BCUT2D eigenvalue weighted by Gasteiger charge is -2.20. The van der Waals surface area contributed by atoms with Crippen molar-refractivity contribution in [2.24, 2.45) is 10.7 Å². The lowest BCUT2D eigenvalue weighted by molar-refractivity contribution is 0.507. The van der Waals surface area contributed by atoms with Gasteiger partial charge in [-0.3, -0.25) is 0 Å². The molecule has 0 unspecified atom stereocenters. The van der Waals surface area contributed by atoms with E-state index in [9.17, 15) is 0 Å². The zero-order valence-corrected chi connectivity index (χ0v) is 12.1. The molecule has 19 heavy (non-hydrogen) atoms. The van der Waals surface area contributed by atoms with Crippen LogP contribution in [-0.4, -0.2) is 26.3 Å². The molecule has 1 aliphatic heterocycles. The summed E-state index contributed by atoms with van der Waals surface area (Å²) in [5, 5.41) is 11.6. The molecule has 1 aromatic rings. The summed E-state index contributed by atoms with van der Waals surface area (Å²) in [6.07, 6.45) is 4.68. The minimum Gasteiger partial charge on any atom is -0.370 e. The molecule has 1 aromatic heterocycles. The van der Waals surface area contributed by atoms with Crippen LogP contribution in [0.4, 0.5) is 0 Å². The summed E-state index contributed by atoms with van der Waals surface area (Å²) in [5.41, 5.74) is 5.79. The molecule has 0 fully saturated rings. The number of nitrogens with two attached hydrogens (primary N) is 1. The van der Waals surface area contributed by atoms with Gasteiger partial charge in [0.15, 0.2) is 11.8 Å². The molecule has 0 atom stereocenters. The minimum absolute atomic E-state index is 0.0741. The van der Waals surface area contributed by atoms with Gasteiger partial charge in [0.25, 0.3) is 0 Å². The lowest BCUT2D eigenvalue weighted by atomic mass is 10.1. The number of nitrogens with one attached hydrogen (secondary N) is 1. The highest BCUT2D eigenvalue weighted by Crippen LogP contribution is 2.14. The molecule has 0 aromatic carbocycles. The smallest absolute Gasteiger partial charge is 0.189 e. The average molecular weight is 264 g/mol. The van der Waals surface area contributed by atoms with Crippen LogP contribution >= 0.6 is 0 Å². The quantitative estimate of drug-likeness (QED) is 0.621. The predicted octanol–water partition coefficient (Wildman–Crippen LogP) is 1.21. The van der Waals surface area contributed by atoms with E-state index in [1.165, 1.54) is 19.3 Å². The van der Waals surface area contributed by atoms with Crippen LogP contribution in [0.3, 0.4) is 0 Å². The molecule has 0 bridgehead atoms. The zero-order chi connectivity index (χ0) is 13.9. The van der Waals surface area contributed by atoms with E-state index < -0.39 is 0 Å². The number of aliphatic imine (C=N–C) groups is 1. The predicted molar refractivity (Wildman–Crippen MR) is 75.8 cm³/mol. The van der Waals surface area contributed by atoms with Crippen LogP contribution in [0.5, 0.6) is 0 Å². The summed E-state index contributed by atoms with van der Waals surface area (Å²) in [5.74, 6) is 2.46. The zero-order valence-electron chi connectivity index (χ0n) is 12.1. The topological polar surface area (TPSA) is 81.1 Å². The Morgan fingerprint density at radius 2 is 2.11 bits per heavy atom. The van der Waals surface area contributed by atoms with E-state index in [-0.39, 0.29) is 5.54 Å². The van der Waals surface area contributed by atoms with Crippen molar-refractivity contribution in [2.45, 2.75) is 65.1 Å². The monoisotopic (exact) mass is 264 g/mol. The number of guanidine groups is 1. The van der Waals surface area contributed by atoms with E-state index in [0.29, 0.717) is 12.5 Å². The summed E-state index contributed by atoms with van der Waals surface area (Å²) < 4.78 is 2.20. The normalized spacial score (nSPS) is 16.9. The second-order valence-electron chi connectivity index (χ2n) is 6.07. The summed E-state index contributed by atoms with van der Waals surface area (Å²) >= 11 is 0. The van der Waals surface area contributed by atoms with Gasteiger partial charge in [-0.2, -0.15) is 0 Å². The summed E-state index contributed by atoms with van der Waals surface area (Å²) in [7, 11) is 0. The third-order valence-corrected chi connectivity index (χ3v) is 3.08. The Bertz CT molecular complexity index is 454. The van der Waals surface area contributed by atoms with E-state index in [1.807, 2.05) is 0 Å². The van der Waals surface area contributed by atoms with Gasteiger partial charge in [-0.05, 0) is 33.6 Å². The number of aryl methyl sites for hydroxylation is 1. The van der Waals surface area contributed by atoms with E-state index in [2.05, 4.69) is 45.8 Å². The molecule has 3 N–H and O–H groups in total. The van der Waals surface area contributed by atoms with Crippen molar-refractivity contribution in [1.29, 1.82) is 0 Å². The largest absolute Gasteiger partial charge is 0.370 e. The van der Waals surface area contributed by atoms with Gasteiger partial charge in [-0.1, -0.05) is 6.42 Å². The van der Waals surface area contributed by atoms with Gasteiger partial charge < -0.3 is 15.6 Å². The standard InChI is InChI=1S/C13H24N6/c1-13(2,3)16-12(14)15-9-11-18-17-10-7-5-4-6-8-19(10)11/h4-9H2,1-3H3,(H3,14,15,16). The maximum absolute atomic E-state index is 5.86. The Morgan fingerprint density at radius 1 is 1.32 bits per heavy atom. The van der Waals surface area contributed by atoms with Crippen molar-refractivity contribution in [2.75, 3.05) is 0 Å². The average Bonchev–Trinajstić information content (AvgIpc) is 2.53. The van der Waals surface area contributed by atoms with E-state index in [4.69, 9.17) is 5.73 Å². The molecular formula is C13H24N6. The van der Waals surface area contributed by atoms with Crippen LogP contribution in [0.25, 0.3) is 0 Å². The van der Waals surface area contributed by atoms with E-state index in [0.717, 1.165) is 24.6 Å². The van der Waals surface area contributed by atoms with Crippen molar-refractivity contribution < 1.29 is 0 Å². The molecule has 6 nitrogen and oxygen atoms in total. The molecule has 2 rings (SSSR count). The highest BCUT2D eigenvalue weighted by molar-refractivity contribution is 5.78. The molecule has 0 aliphatic carbocycles. The number of nitrogens with zero attached hydrogens (tertiary/aromatic N) is 4. The second kappa shape index (κ2) is 5.59. The molecule has 1 aliphatic rings. The Kier molecular flexibility index (Phi) is 4.07. The first kappa shape index (κ1) is 13.8. The highest BCUT2D eigenvalue weighted by atomic mass is 15.3. The van der Waals surface area contributed by atoms with Crippen LogP contribution in [-0.2, 0) is 19.5 Å². The molecule has 0 radical (unpaired) electrons. The fraction of sp³-hybridized carbons (Fsp3) is 0.769. The molecule has 0 amide bonds. The van der Waals surface area contributed by atoms with Crippen LogP contribution in [0.1, 0.15) is 51.7 Å². The second-order valence-corrected chi connectivity index (χ2v) is 6.07. The fourth-order valence-corrected chi connectivity index (χ4v) is 2.24. The van der Waals surface area contributed by atoms with Crippen molar-refractivity contribution in [1.82, 2.24) is 20.1 Å². The van der Waals surface area contributed by atoms with Gasteiger partial charge in [-0.25, -0.2) is 4.99 Å². The first-order chi connectivity index (χ1) is 8.96. The maximum atomic E-state index is 5.86. The van der Waals surface area contributed by atoms with Crippen LogP contribution in [0.2, 0.25) is 0 Å².